The number of nitrogens with zero attached hydrogens (tertiary/aromatic N) is 1. The number of anilines is 1. The van der Waals surface area contributed by atoms with Crippen LogP contribution in [0.2, 0.25) is 5.02 Å². The summed E-state index contributed by atoms with van der Waals surface area (Å²) in [5, 5.41) is 2.38. The molecule has 30 heavy (non-hydrogen) atoms. The predicted molar refractivity (Wildman–Crippen MR) is 111 cm³/mol. The van der Waals surface area contributed by atoms with Crippen LogP contribution in [0, 0.1) is 0 Å². The lowest BCUT2D eigenvalue weighted by atomic mass is 10.1. The Labute approximate surface area is 176 Å². The first kappa shape index (κ1) is 19.5. The number of hydrogen-bond donors (Lipinski definition) is 1. The highest BCUT2D eigenvalue weighted by atomic mass is 35.5. The van der Waals surface area contributed by atoms with Crippen LogP contribution in [0.15, 0.2) is 70.7 Å². The van der Waals surface area contributed by atoms with E-state index in [1.54, 1.807) is 12.1 Å². The molecule has 4 rings (SSSR count). The van der Waals surface area contributed by atoms with Gasteiger partial charge in [-0.1, -0.05) is 41.9 Å². The summed E-state index contributed by atoms with van der Waals surface area (Å²) in [4.78, 5) is 38.4. The largest absolute Gasteiger partial charge is 0.495 e. The number of hydrogen-bond acceptors (Lipinski definition) is 5. The number of barbiturate groups is 1. The number of amides is 4. The first-order valence-corrected chi connectivity index (χ1v) is 9.26. The first-order valence-electron chi connectivity index (χ1n) is 8.88. The summed E-state index contributed by atoms with van der Waals surface area (Å²) in [6, 6.07) is 16.3. The molecule has 150 valence electrons. The highest BCUT2D eigenvalue weighted by Crippen LogP contribution is 2.31. The molecular formula is C22H15ClN2O5. The third-order valence-electron chi connectivity index (χ3n) is 4.47. The molecular weight excluding hydrogens is 408 g/mol. The van der Waals surface area contributed by atoms with Gasteiger partial charge in [0.25, 0.3) is 11.8 Å². The van der Waals surface area contributed by atoms with Crippen molar-refractivity contribution in [3.8, 4) is 17.1 Å². The van der Waals surface area contributed by atoms with Gasteiger partial charge in [-0.2, -0.15) is 0 Å². The quantitative estimate of drug-likeness (QED) is 0.501. The van der Waals surface area contributed by atoms with Crippen LogP contribution in [0.4, 0.5) is 10.5 Å². The van der Waals surface area contributed by atoms with Crippen LogP contribution in [0.25, 0.3) is 17.4 Å². The Balaban J connectivity index is 1.68. The Morgan fingerprint density at radius 2 is 1.80 bits per heavy atom. The molecule has 1 aromatic heterocycles. The minimum Gasteiger partial charge on any atom is -0.495 e. The molecule has 0 bridgehead atoms. The second-order valence-corrected chi connectivity index (χ2v) is 6.75. The van der Waals surface area contributed by atoms with Crippen LogP contribution >= 0.6 is 11.6 Å². The standard InChI is InChI=1S/C22H15ClN2O5/c1-29-19-9-7-14(11-17(19)23)25-21(27)16(20(26)24-22(25)28)12-15-8-10-18(30-15)13-5-3-2-4-6-13/h2-12H,1H3,(H,24,26,28). The van der Waals surface area contributed by atoms with E-state index in [9.17, 15) is 14.4 Å². The van der Waals surface area contributed by atoms with Gasteiger partial charge in [0, 0.05) is 5.56 Å². The molecule has 0 saturated carbocycles. The molecule has 7 nitrogen and oxygen atoms in total. The highest BCUT2D eigenvalue weighted by molar-refractivity contribution is 6.39. The van der Waals surface area contributed by atoms with Gasteiger partial charge < -0.3 is 9.15 Å². The second-order valence-electron chi connectivity index (χ2n) is 6.34. The molecule has 8 heteroatoms. The van der Waals surface area contributed by atoms with E-state index in [1.165, 1.54) is 31.4 Å². The van der Waals surface area contributed by atoms with Gasteiger partial charge in [0.05, 0.1) is 17.8 Å². The van der Waals surface area contributed by atoms with Crippen molar-refractivity contribution < 1.29 is 23.5 Å². The van der Waals surface area contributed by atoms with Crippen molar-refractivity contribution in [2.75, 3.05) is 12.0 Å². The number of carbonyl (C=O) groups excluding carboxylic acids is 3. The van der Waals surface area contributed by atoms with Crippen LogP contribution in [-0.2, 0) is 9.59 Å². The topological polar surface area (TPSA) is 88.8 Å². The summed E-state index contributed by atoms with van der Waals surface area (Å²) in [5.74, 6) is -0.322. The number of methoxy groups -OCH3 is 1. The molecule has 1 aliphatic heterocycles. The summed E-state index contributed by atoms with van der Waals surface area (Å²) < 4.78 is 10.8. The monoisotopic (exact) mass is 422 g/mol. The molecule has 2 aromatic carbocycles. The zero-order valence-electron chi connectivity index (χ0n) is 15.7. The van der Waals surface area contributed by atoms with E-state index in [4.69, 9.17) is 20.8 Å². The molecule has 0 aliphatic carbocycles. The van der Waals surface area contributed by atoms with E-state index >= 15 is 0 Å². The Morgan fingerprint density at radius 1 is 1.03 bits per heavy atom. The maximum atomic E-state index is 13.0. The SMILES string of the molecule is COc1ccc(N2C(=O)NC(=O)C(=Cc3ccc(-c4ccccc4)o3)C2=O)cc1Cl. The third kappa shape index (κ3) is 3.58. The van der Waals surface area contributed by atoms with Gasteiger partial charge in [0.1, 0.15) is 22.8 Å². The van der Waals surface area contributed by atoms with Gasteiger partial charge in [-0.05, 0) is 36.4 Å². The van der Waals surface area contributed by atoms with E-state index in [-0.39, 0.29) is 16.3 Å². The van der Waals surface area contributed by atoms with Crippen molar-refractivity contribution in [1.29, 1.82) is 0 Å². The average Bonchev–Trinajstić information content (AvgIpc) is 3.20. The third-order valence-corrected chi connectivity index (χ3v) is 4.76. The molecule has 0 atom stereocenters. The number of ether oxygens (including phenoxy) is 1. The van der Waals surface area contributed by atoms with Crippen LogP contribution in [-0.4, -0.2) is 25.0 Å². The van der Waals surface area contributed by atoms with Crippen molar-refractivity contribution in [3.63, 3.8) is 0 Å². The number of rotatable bonds is 4. The lowest BCUT2D eigenvalue weighted by Gasteiger charge is -2.26. The minimum atomic E-state index is -0.868. The van der Waals surface area contributed by atoms with Gasteiger partial charge in [-0.25, -0.2) is 9.69 Å². The number of benzene rings is 2. The van der Waals surface area contributed by atoms with Gasteiger partial charge in [-0.15, -0.1) is 0 Å². The number of halogens is 1. The second kappa shape index (κ2) is 7.88. The summed E-state index contributed by atoms with van der Waals surface area (Å²) in [6.07, 6.45) is 1.30. The van der Waals surface area contributed by atoms with E-state index in [1.807, 2.05) is 30.3 Å². The van der Waals surface area contributed by atoms with Crippen molar-refractivity contribution in [2.24, 2.45) is 0 Å². The molecule has 1 fully saturated rings. The molecule has 1 saturated heterocycles. The maximum Gasteiger partial charge on any atom is 0.335 e. The first-order chi connectivity index (χ1) is 14.5. The van der Waals surface area contributed by atoms with Crippen LogP contribution in [0.3, 0.4) is 0 Å². The summed E-state index contributed by atoms with van der Waals surface area (Å²) >= 11 is 6.11. The van der Waals surface area contributed by atoms with Gasteiger partial charge in [0.2, 0.25) is 0 Å². The van der Waals surface area contributed by atoms with Crippen LogP contribution < -0.4 is 15.0 Å². The fourth-order valence-corrected chi connectivity index (χ4v) is 3.27. The Hall–Kier alpha value is -3.84. The van der Waals surface area contributed by atoms with E-state index in [0.29, 0.717) is 17.3 Å². The smallest absolute Gasteiger partial charge is 0.335 e. The maximum absolute atomic E-state index is 13.0. The van der Waals surface area contributed by atoms with E-state index in [0.717, 1.165) is 10.5 Å². The van der Waals surface area contributed by atoms with E-state index in [2.05, 4.69) is 5.32 Å². The van der Waals surface area contributed by atoms with Crippen molar-refractivity contribution in [1.82, 2.24) is 5.32 Å². The van der Waals surface area contributed by atoms with Crippen LogP contribution in [0.5, 0.6) is 5.75 Å². The normalized spacial score (nSPS) is 15.5. The number of urea groups is 1. The predicted octanol–water partition coefficient (Wildman–Crippen LogP) is 4.28. The molecule has 1 aliphatic rings. The molecule has 4 amide bonds. The number of nitrogens with one attached hydrogen (secondary N) is 1. The van der Waals surface area contributed by atoms with Gasteiger partial charge in [0.15, 0.2) is 0 Å². The molecule has 0 spiro atoms. The lowest BCUT2D eigenvalue weighted by Crippen LogP contribution is -2.54. The Morgan fingerprint density at radius 3 is 2.50 bits per heavy atom. The molecule has 0 unspecified atom stereocenters. The molecule has 1 N–H and O–H groups in total. The van der Waals surface area contributed by atoms with Crippen molar-refractivity contribution >= 4 is 41.2 Å². The Bertz CT molecular complexity index is 1180. The van der Waals surface area contributed by atoms with Crippen LogP contribution in [0.1, 0.15) is 5.76 Å². The Kier molecular flexibility index (Phi) is 5.12. The highest BCUT2D eigenvalue weighted by Gasteiger charge is 2.37. The number of imide groups is 2. The van der Waals surface area contributed by atoms with E-state index < -0.39 is 17.8 Å². The van der Waals surface area contributed by atoms with Gasteiger partial charge >= 0.3 is 6.03 Å². The van der Waals surface area contributed by atoms with Gasteiger partial charge in [-0.3, -0.25) is 14.9 Å². The zero-order valence-corrected chi connectivity index (χ0v) is 16.5. The molecule has 2 heterocycles. The molecule has 3 aromatic rings. The lowest BCUT2D eigenvalue weighted by molar-refractivity contribution is -0.122. The number of carbonyl (C=O) groups is 3. The average molecular weight is 423 g/mol. The summed E-state index contributed by atoms with van der Waals surface area (Å²) in [6.45, 7) is 0. The fourth-order valence-electron chi connectivity index (χ4n) is 3.02. The minimum absolute atomic E-state index is 0.200. The summed E-state index contributed by atoms with van der Waals surface area (Å²) in [5.41, 5.74) is 0.813. The van der Waals surface area contributed by atoms with Crippen molar-refractivity contribution in [3.05, 3.63) is 77.0 Å². The zero-order chi connectivity index (χ0) is 21.3. The number of furan rings is 1. The van der Waals surface area contributed by atoms with Crippen molar-refractivity contribution in [2.45, 2.75) is 0 Å². The molecule has 0 radical (unpaired) electrons. The fraction of sp³-hybridized carbons (Fsp3) is 0.0455. The summed E-state index contributed by atoms with van der Waals surface area (Å²) in [7, 11) is 1.45.